The third-order valence-electron chi connectivity index (χ3n) is 1.70. The molecule has 0 bridgehead atoms. The van der Waals surface area contributed by atoms with Crippen LogP contribution in [0, 0.1) is 6.92 Å². The second-order valence-corrected chi connectivity index (χ2v) is 3.08. The highest BCUT2D eigenvalue weighted by Crippen LogP contribution is 2.12. The fourth-order valence-electron chi connectivity index (χ4n) is 1.06. The summed E-state index contributed by atoms with van der Waals surface area (Å²) < 4.78 is 4.78. The molecule has 4 heteroatoms. The number of aliphatic hydroxyl groups is 1. The highest BCUT2D eigenvalue weighted by atomic mass is 16.4. The number of aliphatic hydroxyl groups excluding tert-OH is 1. The molecule has 0 unspecified atom stereocenters. The van der Waals surface area contributed by atoms with Crippen LogP contribution in [0.3, 0.4) is 0 Å². The van der Waals surface area contributed by atoms with Crippen molar-refractivity contribution in [3.63, 3.8) is 0 Å². The number of rotatable bonds is 2. The highest BCUT2D eigenvalue weighted by molar-refractivity contribution is 5.24. The van der Waals surface area contributed by atoms with E-state index in [0.717, 1.165) is 0 Å². The molecule has 1 atom stereocenters. The maximum Gasteiger partial charge on any atom is 0.378 e. The Labute approximate surface area is 75.4 Å². The van der Waals surface area contributed by atoms with Crippen molar-refractivity contribution < 1.29 is 14.6 Å². The summed E-state index contributed by atoms with van der Waals surface area (Å²) in [6.07, 6.45) is -0.284. The summed E-state index contributed by atoms with van der Waals surface area (Å²) in [5.74, 6) is 0.0182. The van der Waals surface area contributed by atoms with Gasteiger partial charge < -0.3 is 14.6 Å². The van der Waals surface area contributed by atoms with E-state index in [1.807, 2.05) is 0 Å². The lowest BCUT2D eigenvalue weighted by atomic mass is 10.1. The van der Waals surface area contributed by atoms with Crippen LogP contribution in [-0.2, 0) is 6.42 Å². The molecule has 0 aliphatic heterocycles. The molecule has 2 N–H and O–H groups in total. The van der Waals surface area contributed by atoms with Crippen LogP contribution in [0.4, 0.5) is 0 Å². The van der Waals surface area contributed by atoms with Gasteiger partial charge in [0.05, 0.1) is 6.10 Å². The number of aryl methyl sites for hydroxylation is 1. The quantitative estimate of drug-likeness (QED) is 0.705. The zero-order valence-electron chi connectivity index (χ0n) is 7.57. The molecule has 0 aliphatic rings. The average Bonchev–Trinajstić information content (AvgIpc) is 1.99. The van der Waals surface area contributed by atoms with Crippen molar-refractivity contribution in [2.45, 2.75) is 26.4 Å². The van der Waals surface area contributed by atoms with Crippen LogP contribution < -0.4 is 5.63 Å². The minimum Gasteiger partial charge on any atom is -0.502 e. The summed E-state index contributed by atoms with van der Waals surface area (Å²) in [6, 6.07) is 1.34. The fourth-order valence-corrected chi connectivity index (χ4v) is 1.06. The SMILES string of the molecule is Cc1cc(O)c(=O)oc1C[C@H](C)O. The van der Waals surface area contributed by atoms with Crippen molar-refractivity contribution >= 4 is 0 Å². The number of hydrogen-bond donors (Lipinski definition) is 2. The largest absolute Gasteiger partial charge is 0.502 e. The normalized spacial score (nSPS) is 12.8. The highest BCUT2D eigenvalue weighted by Gasteiger charge is 2.09. The standard InChI is InChI=1S/C9H12O4/c1-5-3-7(11)9(12)13-8(5)4-6(2)10/h3,6,10-11H,4H2,1-2H3/t6-/m0/s1. The summed E-state index contributed by atoms with van der Waals surface area (Å²) in [6.45, 7) is 3.31. The van der Waals surface area contributed by atoms with Crippen LogP contribution in [0.5, 0.6) is 5.75 Å². The summed E-state index contributed by atoms with van der Waals surface area (Å²) in [7, 11) is 0. The number of aromatic hydroxyl groups is 1. The molecule has 1 rings (SSSR count). The van der Waals surface area contributed by atoms with Gasteiger partial charge in [0, 0.05) is 6.42 Å². The van der Waals surface area contributed by atoms with Crippen molar-refractivity contribution in [2.24, 2.45) is 0 Å². The molecule has 1 aromatic heterocycles. The topological polar surface area (TPSA) is 70.7 Å². The van der Waals surface area contributed by atoms with Crippen molar-refractivity contribution in [1.29, 1.82) is 0 Å². The molecule has 1 heterocycles. The van der Waals surface area contributed by atoms with Gasteiger partial charge in [-0.2, -0.15) is 0 Å². The zero-order chi connectivity index (χ0) is 10.0. The fraction of sp³-hybridized carbons (Fsp3) is 0.444. The van der Waals surface area contributed by atoms with Gasteiger partial charge in [-0.1, -0.05) is 0 Å². The van der Waals surface area contributed by atoms with Crippen molar-refractivity contribution in [3.05, 3.63) is 27.8 Å². The second kappa shape index (κ2) is 3.62. The molecule has 0 aromatic carbocycles. The van der Waals surface area contributed by atoms with Gasteiger partial charge in [-0.3, -0.25) is 0 Å². The van der Waals surface area contributed by atoms with Crippen molar-refractivity contribution in [3.8, 4) is 5.75 Å². The van der Waals surface area contributed by atoms with E-state index in [0.29, 0.717) is 11.3 Å². The van der Waals surface area contributed by atoms with Gasteiger partial charge in [0.2, 0.25) is 5.75 Å². The molecule has 0 amide bonds. The van der Waals surface area contributed by atoms with E-state index in [2.05, 4.69) is 0 Å². The molecule has 0 saturated carbocycles. The van der Waals surface area contributed by atoms with Crippen molar-refractivity contribution in [2.75, 3.05) is 0 Å². The second-order valence-electron chi connectivity index (χ2n) is 3.08. The Hall–Kier alpha value is -1.29. The van der Waals surface area contributed by atoms with Gasteiger partial charge in [-0.05, 0) is 25.5 Å². The van der Waals surface area contributed by atoms with E-state index >= 15 is 0 Å². The van der Waals surface area contributed by atoms with E-state index in [1.54, 1.807) is 13.8 Å². The number of hydrogen-bond acceptors (Lipinski definition) is 4. The third-order valence-corrected chi connectivity index (χ3v) is 1.70. The summed E-state index contributed by atoms with van der Waals surface area (Å²) in [5, 5.41) is 18.1. The molecule has 0 saturated heterocycles. The molecular formula is C9H12O4. The lowest BCUT2D eigenvalue weighted by Gasteiger charge is -2.05. The molecule has 0 radical (unpaired) electrons. The summed E-state index contributed by atoms with van der Waals surface area (Å²) in [4.78, 5) is 10.9. The van der Waals surface area contributed by atoms with Crippen molar-refractivity contribution in [1.82, 2.24) is 0 Å². The van der Waals surface area contributed by atoms with Gasteiger partial charge in [0.25, 0.3) is 0 Å². The first-order valence-electron chi connectivity index (χ1n) is 4.01. The molecule has 0 fully saturated rings. The van der Waals surface area contributed by atoms with Crippen LogP contribution in [-0.4, -0.2) is 16.3 Å². The average molecular weight is 184 g/mol. The van der Waals surface area contributed by atoms with Gasteiger partial charge >= 0.3 is 5.63 Å². The lowest BCUT2D eigenvalue weighted by molar-refractivity contribution is 0.184. The molecule has 0 spiro atoms. The Morgan fingerprint density at radius 1 is 1.62 bits per heavy atom. The smallest absolute Gasteiger partial charge is 0.378 e. The first kappa shape index (κ1) is 9.80. The van der Waals surface area contributed by atoms with Gasteiger partial charge in [0.1, 0.15) is 5.76 Å². The molecule has 72 valence electrons. The summed E-state index contributed by atoms with van der Waals surface area (Å²) in [5.41, 5.74) is -0.0979. The van der Waals surface area contributed by atoms with Gasteiger partial charge in [0.15, 0.2) is 0 Å². The first-order valence-corrected chi connectivity index (χ1v) is 4.01. The van der Waals surface area contributed by atoms with E-state index in [4.69, 9.17) is 14.6 Å². The van der Waals surface area contributed by atoms with Crippen LogP contribution in [0.25, 0.3) is 0 Å². The Morgan fingerprint density at radius 3 is 2.77 bits per heavy atom. The predicted molar refractivity (Wildman–Crippen MR) is 46.8 cm³/mol. The Kier molecular flexibility index (Phi) is 2.72. The van der Waals surface area contributed by atoms with Crippen LogP contribution in [0.2, 0.25) is 0 Å². The lowest BCUT2D eigenvalue weighted by Crippen LogP contribution is -2.09. The maximum absolute atomic E-state index is 10.9. The van der Waals surface area contributed by atoms with Crippen LogP contribution >= 0.6 is 0 Å². The van der Waals surface area contributed by atoms with Crippen LogP contribution in [0.1, 0.15) is 18.2 Å². The monoisotopic (exact) mass is 184 g/mol. The van der Waals surface area contributed by atoms with E-state index in [9.17, 15) is 4.79 Å². The first-order chi connectivity index (χ1) is 6.00. The van der Waals surface area contributed by atoms with E-state index in [1.165, 1.54) is 6.07 Å². The zero-order valence-corrected chi connectivity index (χ0v) is 7.57. The summed E-state index contributed by atoms with van der Waals surface area (Å²) >= 11 is 0. The van der Waals surface area contributed by atoms with Gasteiger partial charge in [-0.15, -0.1) is 0 Å². The minimum absolute atomic E-state index is 0.279. The van der Waals surface area contributed by atoms with Gasteiger partial charge in [-0.25, -0.2) is 4.79 Å². The Bertz CT molecular complexity index is 351. The third kappa shape index (κ3) is 2.32. The predicted octanol–water partition coefficient (Wildman–Crippen LogP) is 0.577. The Balaban J connectivity index is 3.09. The van der Waals surface area contributed by atoms with Crippen LogP contribution in [0.15, 0.2) is 15.3 Å². The molecule has 4 nitrogen and oxygen atoms in total. The molecule has 13 heavy (non-hydrogen) atoms. The molecule has 0 aliphatic carbocycles. The molecule has 1 aromatic rings. The van der Waals surface area contributed by atoms with E-state index < -0.39 is 17.5 Å². The van der Waals surface area contributed by atoms with E-state index in [-0.39, 0.29) is 6.42 Å². The minimum atomic E-state index is -0.763. The molecular weight excluding hydrogens is 172 g/mol. The maximum atomic E-state index is 10.9. The Morgan fingerprint density at radius 2 is 2.23 bits per heavy atom.